The van der Waals surface area contributed by atoms with E-state index in [1.165, 1.54) is 23.1 Å². The molecular weight excluding hydrogens is 274 g/mol. The Morgan fingerprint density at radius 1 is 1.30 bits per heavy atom. The van der Waals surface area contributed by atoms with Gasteiger partial charge in [-0.3, -0.25) is 9.69 Å². The van der Waals surface area contributed by atoms with Crippen LogP contribution in [0.1, 0.15) is 22.2 Å². The van der Waals surface area contributed by atoms with Crippen LogP contribution >= 0.6 is 11.3 Å². The van der Waals surface area contributed by atoms with Crippen LogP contribution < -0.4 is 0 Å². The van der Waals surface area contributed by atoms with Gasteiger partial charge in [0.05, 0.1) is 12.1 Å². The fourth-order valence-electron chi connectivity index (χ4n) is 1.95. The van der Waals surface area contributed by atoms with Crippen LogP contribution in [-0.4, -0.2) is 34.0 Å². The first-order valence-electron chi connectivity index (χ1n) is 6.40. The van der Waals surface area contributed by atoms with Crippen LogP contribution in [0.5, 0.6) is 11.5 Å². The predicted molar refractivity (Wildman–Crippen MR) is 79.4 cm³/mol. The van der Waals surface area contributed by atoms with E-state index in [1.807, 2.05) is 29.3 Å². The van der Waals surface area contributed by atoms with Crippen LogP contribution in [0, 0.1) is 0 Å². The van der Waals surface area contributed by atoms with Gasteiger partial charge in [0.2, 0.25) is 0 Å². The van der Waals surface area contributed by atoms with Crippen molar-refractivity contribution in [2.75, 3.05) is 13.1 Å². The van der Waals surface area contributed by atoms with Crippen molar-refractivity contribution in [1.82, 2.24) is 4.90 Å². The third-order valence-corrected chi connectivity index (χ3v) is 3.92. The number of aromatic hydroxyl groups is 2. The maximum Gasteiger partial charge on any atom is 0.180 e. The molecule has 0 saturated heterocycles. The number of Topliss-reactive ketones (excluding diaryl/α,β-unsaturated/α-hetero) is 1. The zero-order valence-corrected chi connectivity index (χ0v) is 12.1. The number of phenols is 2. The van der Waals surface area contributed by atoms with Gasteiger partial charge in [-0.1, -0.05) is 13.0 Å². The molecule has 4 nitrogen and oxygen atoms in total. The Hall–Kier alpha value is -1.85. The third-order valence-electron chi connectivity index (χ3n) is 3.06. The molecule has 0 atom stereocenters. The van der Waals surface area contributed by atoms with Gasteiger partial charge in [0.25, 0.3) is 0 Å². The van der Waals surface area contributed by atoms with Gasteiger partial charge in [-0.2, -0.15) is 0 Å². The van der Waals surface area contributed by atoms with E-state index < -0.39 is 0 Å². The fraction of sp³-hybridized carbons (Fsp3) is 0.267. The molecule has 0 unspecified atom stereocenters. The highest BCUT2D eigenvalue weighted by Crippen LogP contribution is 2.23. The molecule has 1 heterocycles. The molecule has 2 N–H and O–H groups in total. The van der Waals surface area contributed by atoms with Crippen LogP contribution in [0.3, 0.4) is 0 Å². The minimum Gasteiger partial charge on any atom is -0.508 e. The lowest BCUT2D eigenvalue weighted by Gasteiger charge is -2.18. The van der Waals surface area contributed by atoms with Crippen LogP contribution in [0.2, 0.25) is 0 Å². The average Bonchev–Trinajstić information content (AvgIpc) is 2.90. The Morgan fingerprint density at radius 2 is 2.10 bits per heavy atom. The molecule has 1 aromatic carbocycles. The van der Waals surface area contributed by atoms with E-state index in [-0.39, 0.29) is 29.4 Å². The third kappa shape index (κ3) is 3.59. The smallest absolute Gasteiger partial charge is 0.180 e. The Balaban J connectivity index is 2.05. The number of ketones is 1. The summed E-state index contributed by atoms with van der Waals surface area (Å²) in [5.74, 6) is -0.381. The minimum atomic E-state index is -0.179. The van der Waals surface area contributed by atoms with E-state index in [0.29, 0.717) is 0 Å². The molecule has 106 valence electrons. The number of hydrogen-bond acceptors (Lipinski definition) is 5. The lowest BCUT2D eigenvalue weighted by molar-refractivity contribution is 0.0927. The van der Waals surface area contributed by atoms with Gasteiger partial charge in [0, 0.05) is 17.5 Å². The maximum absolute atomic E-state index is 12.2. The summed E-state index contributed by atoms with van der Waals surface area (Å²) in [6.07, 6.45) is 0. The van der Waals surface area contributed by atoms with E-state index in [0.717, 1.165) is 13.1 Å². The lowest BCUT2D eigenvalue weighted by atomic mass is 10.1. The molecule has 0 aliphatic heterocycles. The summed E-state index contributed by atoms with van der Waals surface area (Å²) in [6, 6.07) is 8.06. The summed E-state index contributed by atoms with van der Waals surface area (Å²) in [6.45, 7) is 3.71. The number of phenolic OH excluding ortho intramolecular Hbond substituents is 2. The molecule has 0 radical (unpaired) electrons. The molecule has 0 saturated carbocycles. The lowest BCUT2D eigenvalue weighted by Crippen LogP contribution is -2.29. The van der Waals surface area contributed by atoms with Gasteiger partial charge < -0.3 is 10.2 Å². The molecule has 5 heteroatoms. The molecule has 0 spiro atoms. The van der Waals surface area contributed by atoms with Crippen molar-refractivity contribution in [2.45, 2.75) is 13.5 Å². The fourth-order valence-corrected chi connectivity index (χ4v) is 2.69. The van der Waals surface area contributed by atoms with Gasteiger partial charge in [0.15, 0.2) is 5.78 Å². The van der Waals surface area contributed by atoms with Crippen LogP contribution in [-0.2, 0) is 6.54 Å². The normalized spacial score (nSPS) is 10.9. The number of hydrogen-bond donors (Lipinski definition) is 2. The SMILES string of the molecule is CCN(CC(=O)c1ccc(O)cc1O)Cc1cccs1. The van der Waals surface area contributed by atoms with Crippen molar-refractivity contribution in [3.63, 3.8) is 0 Å². The molecule has 2 aromatic rings. The van der Waals surface area contributed by atoms with Gasteiger partial charge in [-0.05, 0) is 30.1 Å². The van der Waals surface area contributed by atoms with E-state index >= 15 is 0 Å². The number of carbonyl (C=O) groups is 1. The molecule has 2 rings (SSSR count). The number of rotatable bonds is 6. The highest BCUT2D eigenvalue weighted by atomic mass is 32.1. The largest absolute Gasteiger partial charge is 0.508 e. The zero-order valence-electron chi connectivity index (χ0n) is 11.2. The minimum absolute atomic E-state index is 0.0509. The number of nitrogens with zero attached hydrogens (tertiary/aromatic N) is 1. The molecule has 0 aliphatic rings. The van der Waals surface area contributed by atoms with E-state index in [2.05, 4.69) is 0 Å². The molecule has 0 bridgehead atoms. The first-order chi connectivity index (χ1) is 9.60. The second-order valence-electron chi connectivity index (χ2n) is 4.51. The van der Waals surface area contributed by atoms with Crippen molar-refractivity contribution in [1.29, 1.82) is 0 Å². The molecule has 20 heavy (non-hydrogen) atoms. The van der Waals surface area contributed by atoms with Gasteiger partial charge in [-0.25, -0.2) is 0 Å². The summed E-state index contributed by atoms with van der Waals surface area (Å²) in [5.41, 5.74) is 0.243. The van der Waals surface area contributed by atoms with Gasteiger partial charge in [0.1, 0.15) is 11.5 Å². The summed E-state index contributed by atoms with van der Waals surface area (Å²) >= 11 is 1.66. The van der Waals surface area contributed by atoms with Gasteiger partial charge in [-0.15, -0.1) is 11.3 Å². The molecule has 0 aliphatic carbocycles. The standard InChI is InChI=1S/C15H17NO3S/c1-2-16(9-12-4-3-7-20-12)10-15(19)13-6-5-11(17)8-14(13)18/h3-8,17-18H,2,9-10H2,1H3. The molecule has 1 aromatic heterocycles. The number of thiophene rings is 1. The molecule has 0 amide bonds. The Labute approximate surface area is 121 Å². The van der Waals surface area contributed by atoms with Crippen molar-refractivity contribution < 1.29 is 15.0 Å². The van der Waals surface area contributed by atoms with Gasteiger partial charge >= 0.3 is 0 Å². The quantitative estimate of drug-likeness (QED) is 0.803. The first kappa shape index (κ1) is 14.6. The zero-order chi connectivity index (χ0) is 14.5. The second-order valence-corrected chi connectivity index (χ2v) is 5.54. The van der Waals surface area contributed by atoms with Crippen molar-refractivity contribution in [3.05, 3.63) is 46.2 Å². The molecular formula is C15H17NO3S. The summed E-state index contributed by atoms with van der Waals surface area (Å²) in [7, 11) is 0. The highest BCUT2D eigenvalue weighted by Gasteiger charge is 2.15. The van der Waals surface area contributed by atoms with Crippen molar-refractivity contribution in [3.8, 4) is 11.5 Å². The predicted octanol–water partition coefficient (Wildman–Crippen LogP) is 2.86. The van der Waals surface area contributed by atoms with Crippen LogP contribution in [0.15, 0.2) is 35.7 Å². The Morgan fingerprint density at radius 3 is 2.70 bits per heavy atom. The van der Waals surface area contributed by atoms with Crippen molar-refractivity contribution in [2.24, 2.45) is 0 Å². The van der Waals surface area contributed by atoms with Crippen LogP contribution in [0.4, 0.5) is 0 Å². The molecule has 0 fully saturated rings. The highest BCUT2D eigenvalue weighted by molar-refractivity contribution is 7.09. The summed E-state index contributed by atoms with van der Waals surface area (Å²) in [5, 5.41) is 21.0. The summed E-state index contributed by atoms with van der Waals surface area (Å²) in [4.78, 5) is 15.4. The van der Waals surface area contributed by atoms with E-state index in [9.17, 15) is 15.0 Å². The number of benzene rings is 1. The van der Waals surface area contributed by atoms with Crippen LogP contribution in [0.25, 0.3) is 0 Å². The monoisotopic (exact) mass is 291 g/mol. The number of likely N-dealkylation sites (N-methyl/N-ethyl adjacent to an activating group) is 1. The number of carbonyl (C=O) groups excluding carboxylic acids is 1. The Bertz CT molecular complexity index is 581. The Kier molecular flexibility index (Phi) is 4.76. The topological polar surface area (TPSA) is 60.8 Å². The average molecular weight is 291 g/mol. The second kappa shape index (κ2) is 6.54. The summed E-state index contributed by atoms with van der Waals surface area (Å²) < 4.78 is 0. The first-order valence-corrected chi connectivity index (χ1v) is 7.28. The maximum atomic E-state index is 12.2. The van der Waals surface area contributed by atoms with E-state index in [1.54, 1.807) is 11.3 Å². The van der Waals surface area contributed by atoms with Crippen molar-refractivity contribution >= 4 is 17.1 Å². The van der Waals surface area contributed by atoms with E-state index in [4.69, 9.17) is 0 Å².